The zero-order valence-electron chi connectivity index (χ0n) is 17.3. The first kappa shape index (κ1) is 22.2. The second kappa shape index (κ2) is 9.63. The highest BCUT2D eigenvalue weighted by Gasteiger charge is 2.28. The minimum atomic E-state index is -3.70. The number of para-hydroxylation sites is 1. The number of benzene rings is 3. The Hall–Kier alpha value is -3.03. The summed E-state index contributed by atoms with van der Waals surface area (Å²) in [5, 5.41) is 3.39. The van der Waals surface area contributed by atoms with Crippen molar-refractivity contribution in [3.8, 4) is 5.75 Å². The lowest BCUT2D eigenvalue weighted by molar-refractivity contribution is 0.0947. The van der Waals surface area contributed by atoms with Gasteiger partial charge in [0.1, 0.15) is 12.4 Å². The molecule has 0 saturated carbocycles. The molecule has 1 aliphatic rings. The lowest BCUT2D eigenvalue weighted by Gasteiger charge is -2.30. The number of rotatable bonds is 7. The van der Waals surface area contributed by atoms with Crippen molar-refractivity contribution in [3.05, 3.63) is 88.9 Å². The summed E-state index contributed by atoms with van der Waals surface area (Å²) >= 11 is 5.84. The SMILES string of the molecule is O=C(NCCOc1ccc(Cl)cc1)c1ccc(S(=O)(=O)N2CCCc3ccccc32)cc1. The van der Waals surface area contributed by atoms with Crippen molar-refractivity contribution in [2.45, 2.75) is 17.7 Å². The van der Waals surface area contributed by atoms with Crippen LogP contribution in [0.5, 0.6) is 5.75 Å². The maximum absolute atomic E-state index is 13.2. The van der Waals surface area contributed by atoms with Gasteiger partial charge in [-0.2, -0.15) is 0 Å². The normalized spacial score (nSPS) is 13.3. The second-order valence-corrected chi connectivity index (χ2v) is 9.69. The van der Waals surface area contributed by atoms with E-state index in [0.717, 1.165) is 24.1 Å². The van der Waals surface area contributed by atoms with Gasteiger partial charge in [0.25, 0.3) is 15.9 Å². The van der Waals surface area contributed by atoms with E-state index in [-0.39, 0.29) is 10.8 Å². The van der Waals surface area contributed by atoms with Gasteiger partial charge in [0.05, 0.1) is 17.1 Å². The summed E-state index contributed by atoms with van der Waals surface area (Å²) in [4.78, 5) is 12.5. The van der Waals surface area contributed by atoms with Gasteiger partial charge in [-0.25, -0.2) is 8.42 Å². The summed E-state index contributed by atoms with van der Waals surface area (Å²) in [5.41, 5.74) is 2.13. The molecule has 0 saturated heterocycles. The van der Waals surface area contributed by atoms with Crippen LogP contribution in [0.4, 0.5) is 5.69 Å². The fraction of sp³-hybridized carbons (Fsp3) is 0.208. The van der Waals surface area contributed by atoms with E-state index in [1.54, 1.807) is 24.3 Å². The first-order chi connectivity index (χ1) is 15.4. The Morgan fingerprint density at radius 1 is 1.00 bits per heavy atom. The lowest BCUT2D eigenvalue weighted by Crippen LogP contribution is -2.35. The van der Waals surface area contributed by atoms with Crippen molar-refractivity contribution in [2.24, 2.45) is 0 Å². The van der Waals surface area contributed by atoms with Crippen LogP contribution >= 0.6 is 11.6 Å². The molecule has 1 aliphatic heterocycles. The van der Waals surface area contributed by atoms with E-state index < -0.39 is 10.0 Å². The van der Waals surface area contributed by atoms with Gasteiger partial charge in [-0.15, -0.1) is 0 Å². The molecular formula is C24H23ClN2O4S. The fourth-order valence-electron chi connectivity index (χ4n) is 3.62. The Bertz CT molecular complexity index is 1200. The van der Waals surface area contributed by atoms with Crippen LogP contribution in [-0.4, -0.2) is 34.0 Å². The zero-order chi connectivity index (χ0) is 22.6. The Morgan fingerprint density at radius 3 is 2.47 bits per heavy atom. The molecule has 0 aromatic heterocycles. The third-order valence-electron chi connectivity index (χ3n) is 5.24. The topological polar surface area (TPSA) is 75.7 Å². The quantitative estimate of drug-likeness (QED) is 0.522. The molecule has 166 valence electrons. The smallest absolute Gasteiger partial charge is 0.264 e. The van der Waals surface area contributed by atoms with E-state index in [1.165, 1.54) is 28.6 Å². The molecule has 8 heteroatoms. The Balaban J connectivity index is 1.37. The van der Waals surface area contributed by atoms with Crippen molar-refractivity contribution in [1.82, 2.24) is 5.32 Å². The van der Waals surface area contributed by atoms with Crippen LogP contribution in [0.15, 0.2) is 77.7 Å². The molecule has 4 rings (SSSR count). The highest BCUT2D eigenvalue weighted by atomic mass is 35.5. The standard InChI is InChI=1S/C24H23ClN2O4S/c25-20-9-11-21(12-10-20)31-17-15-26-24(28)19-7-13-22(14-8-19)32(29,30)27-16-3-5-18-4-1-2-6-23(18)27/h1-2,4,6-14H,3,5,15-17H2,(H,26,28). The maximum atomic E-state index is 13.2. The molecule has 0 unspecified atom stereocenters. The molecule has 3 aromatic carbocycles. The van der Waals surface area contributed by atoms with Gasteiger partial charge in [0.15, 0.2) is 0 Å². The monoisotopic (exact) mass is 470 g/mol. The molecule has 3 aromatic rings. The predicted molar refractivity (Wildman–Crippen MR) is 125 cm³/mol. The minimum absolute atomic E-state index is 0.164. The fourth-order valence-corrected chi connectivity index (χ4v) is 5.29. The summed E-state index contributed by atoms with van der Waals surface area (Å²) in [6.07, 6.45) is 1.64. The Morgan fingerprint density at radius 2 is 1.72 bits per heavy atom. The van der Waals surface area contributed by atoms with Crippen molar-refractivity contribution >= 4 is 33.2 Å². The summed E-state index contributed by atoms with van der Waals surface area (Å²) in [6, 6.07) is 20.5. The van der Waals surface area contributed by atoms with Gasteiger partial charge in [-0.3, -0.25) is 9.10 Å². The Labute approximate surface area is 192 Å². The number of aryl methyl sites for hydroxylation is 1. The van der Waals surface area contributed by atoms with Gasteiger partial charge < -0.3 is 10.1 Å². The highest BCUT2D eigenvalue weighted by molar-refractivity contribution is 7.92. The van der Waals surface area contributed by atoms with Crippen molar-refractivity contribution in [3.63, 3.8) is 0 Å². The van der Waals surface area contributed by atoms with Gasteiger partial charge in [-0.1, -0.05) is 29.8 Å². The number of carbonyl (C=O) groups excluding carboxylic acids is 1. The molecule has 0 radical (unpaired) electrons. The first-order valence-corrected chi connectivity index (χ1v) is 12.1. The third kappa shape index (κ3) is 4.89. The molecule has 0 fully saturated rings. The van der Waals surface area contributed by atoms with Gasteiger partial charge in [-0.05, 0) is 73.0 Å². The number of halogens is 1. The van der Waals surface area contributed by atoms with Gasteiger partial charge >= 0.3 is 0 Å². The number of anilines is 1. The predicted octanol–water partition coefficient (Wildman–Crippen LogP) is 4.29. The molecule has 32 heavy (non-hydrogen) atoms. The van der Waals surface area contributed by atoms with Crippen LogP contribution in [0, 0.1) is 0 Å². The number of hydrogen-bond donors (Lipinski definition) is 1. The molecular weight excluding hydrogens is 448 g/mol. The van der Waals surface area contributed by atoms with Gasteiger partial charge in [0.2, 0.25) is 0 Å². The molecule has 0 atom stereocenters. The number of carbonyl (C=O) groups is 1. The summed E-state index contributed by atoms with van der Waals surface area (Å²) in [6.45, 7) is 1.05. The minimum Gasteiger partial charge on any atom is -0.492 e. The van der Waals surface area contributed by atoms with Crippen molar-refractivity contribution < 1.29 is 17.9 Å². The highest BCUT2D eigenvalue weighted by Crippen LogP contribution is 2.31. The maximum Gasteiger partial charge on any atom is 0.264 e. The molecule has 0 spiro atoms. The largest absolute Gasteiger partial charge is 0.492 e. The molecule has 0 bridgehead atoms. The molecule has 1 N–H and O–H groups in total. The average molecular weight is 471 g/mol. The molecule has 6 nitrogen and oxygen atoms in total. The number of nitrogens with zero attached hydrogens (tertiary/aromatic N) is 1. The van der Waals surface area contributed by atoms with E-state index in [1.807, 2.05) is 24.3 Å². The van der Waals surface area contributed by atoms with Crippen LogP contribution in [0.3, 0.4) is 0 Å². The summed E-state index contributed by atoms with van der Waals surface area (Å²) in [5.74, 6) is 0.370. The van der Waals surface area contributed by atoms with E-state index >= 15 is 0 Å². The van der Waals surface area contributed by atoms with Crippen molar-refractivity contribution in [1.29, 1.82) is 0 Å². The number of sulfonamides is 1. The Kier molecular flexibility index (Phi) is 6.67. The molecule has 0 aliphatic carbocycles. The number of amides is 1. The van der Waals surface area contributed by atoms with E-state index in [9.17, 15) is 13.2 Å². The second-order valence-electron chi connectivity index (χ2n) is 7.39. The number of fused-ring (bicyclic) bond motifs is 1. The molecule has 1 amide bonds. The zero-order valence-corrected chi connectivity index (χ0v) is 18.9. The number of hydrogen-bond acceptors (Lipinski definition) is 4. The van der Waals surface area contributed by atoms with Gasteiger partial charge in [0, 0.05) is 17.1 Å². The van der Waals surface area contributed by atoms with Crippen LogP contribution < -0.4 is 14.4 Å². The van der Waals surface area contributed by atoms with Crippen LogP contribution in [0.25, 0.3) is 0 Å². The van der Waals surface area contributed by atoms with Crippen LogP contribution in [0.1, 0.15) is 22.3 Å². The summed E-state index contributed by atoms with van der Waals surface area (Å²) in [7, 11) is -3.70. The average Bonchev–Trinajstić information content (AvgIpc) is 2.82. The van der Waals surface area contributed by atoms with E-state index in [2.05, 4.69) is 5.32 Å². The number of ether oxygens (including phenoxy) is 1. The number of nitrogens with one attached hydrogen (secondary N) is 1. The third-order valence-corrected chi connectivity index (χ3v) is 7.32. The van der Waals surface area contributed by atoms with E-state index in [0.29, 0.717) is 36.0 Å². The molecule has 1 heterocycles. The van der Waals surface area contributed by atoms with Crippen LogP contribution in [-0.2, 0) is 16.4 Å². The lowest BCUT2D eigenvalue weighted by atomic mass is 10.0. The first-order valence-electron chi connectivity index (χ1n) is 10.3. The van der Waals surface area contributed by atoms with Crippen molar-refractivity contribution in [2.75, 3.05) is 24.0 Å². The van der Waals surface area contributed by atoms with Crippen LogP contribution in [0.2, 0.25) is 5.02 Å². The summed E-state index contributed by atoms with van der Waals surface area (Å²) < 4.78 is 33.4. The van der Waals surface area contributed by atoms with E-state index in [4.69, 9.17) is 16.3 Å².